The molecule has 1 aromatic heterocycles. The number of fused-ring (bicyclic) bond motifs is 1. The van der Waals surface area contributed by atoms with Crippen LogP contribution in [0.3, 0.4) is 0 Å². The van der Waals surface area contributed by atoms with Crippen molar-refractivity contribution in [1.82, 2.24) is 13.9 Å². The highest BCUT2D eigenvalue weighted by Crippen LogP contribution is 2.25. The molecule has 30 heavy (non-hydrogen) atoms. The fourth-order valence-electron chi connectivity index (χ4n) is 3.33. The molecule has 1 aliphatic rings. The summed E-state index contributed by atoms with van der Waals surface area (Å²) in [4.78, 5) is 30.6. The third-order valence-electron chi connectivity index (χ3n) is 4.94. The zero-order chi connectivity index (χ0) is 21.5. The van der Waals surface area contributed by atoms with Crippen molar-refractivity contribution < 1.29 is 18.0 Å². The van der Waals surface area contributed by atoms with Crippen LogP contribution in [0.25, 0.3) is 0 Å². The SMILES string of the molecule is C#CC(Cc1cn(S(=O)(=O)c2ccc(C)cc2)cn1)N1C(=O)c2ccccc2C1=O. The van der Waals surface area contributed by atoms with Gasteiger partial charge in [-0.2, -0.15) is 0 Å². The molecule has 0 saturated carbocycles. The predicted octanol–water partition coefficient (Wildman–Crippen LogP) is 2.27. The van der Waals surface area contributed by atoms with Gasteiger partial charge in [0, 0.05) is 12.6 Å². The van der Waals surface area contributed by atoms with Gasteiger partial charge in [-0.25, -0.2) is 17.4 Å². The van der Waals surface area contributed by atoms with Crippen LogP contribution in [0.1, 0.15) is 32.0 Å². The van der Waals surface area contributed by atoms with E-state index in [1.807, 2.05) is 6.92 Å². The summed E-state index contributed by atoms with van der Waals surface area (Å²) >= 11 is 0. The number of imidazole rings is 1. The first kappa shape index (κ1) is 19.6. The molecular formula is C22H17N3O4S. The first-order valence-electron chi connectivity index (χ1n) is 9.11. The Kier molecular flexibility index (Phi) is 4.76. The Morgan fingerprint density at radius 1 is 1.03 bits per heavy atom. The molecule has 0 saturated heterocycles. The minimum Gasteiger partial charge on any atom is -0.269 e. The maximum absolute atomic E-state index is 12.8. The number of amides is 2. The van der Waals surface area contributed by atoms with E-state index in [9.17, 15) is 18.0 Å². The number of benzene rings is 2. The maximum Gasteiger partial charge on any atom is 0.268 e. The minimum atomic E-state index is -3.81. The van der Waals surface area contributed by atoms with E-state index in [0.29, 0.717) is 16.8 Å². The number of nitrogens with zero attached hydrogens (tertiary/aromatic N) is 3. The van der Waals surface area contributed by atoms with Crippen LogP contribution in [0.5, 0.6) is 0 Å². The lowest BCUT2D eigenvalue weighted by Crippen LogP contribution is -2.40. The largest absolute Gasteiger partial charge is 0.269 e. The molecule has 8 heteroatoms. The van der Waals surface area contributed by atoms with Crippen LogP contribution in [0.2, 0.25) is 0 Å². The second kappa shape index (κ2) is 7.28. The first-order valence-corrected chi connectivity index (χ1v) is 10.5. The molecule has 3 aromatic rings. The molecule has 0 radical (unpaired) electrons. The van der Waals surface area contributed by atoms with Crippen LogP contribution in [0, 0.1) is 19.3 Å². The number of aryl methyl sites for hydroxylation is 1. The third kappa shape index (κ3) is 3.19. The summed E-state index contributed by atoms with van der Waals surface area (Å²) in [7, 11) is -3.81. The molecular weight excluding hydrogens is 402 g/mol. The quantitative estimate of drug-likeness (QED) is 0.468. The molecule has 0 N–H and O–H groups in total. The molecule has 2 amide bonds. The number of imide groups is 1. The fourth-order valence-corrected chi connectivity index (χ4v) is 4.48. The van der Waals surface area contributed by atoms with Crippen LogP contribution in [-0.4, -0.2) is 40.1 Å². The average molecular weight is 419 g/mol. The second-order valence-corrected chi connectivity index (χ2v) is 8.77. The van der Waals surface area contributed by atoms with Crippen molar-refractivity contribution in [2.24, 2.45) is 0 Å². The molecule has 2 aromatic carbocycles. The summed E-state index contributed by atoms with van der Waals surface area (Å²) in [6.45, 7) is 1.87. The summed E-state index contributed by atoms with van der Waals surface area (Å²) in [6, 6.07) is 12.1. The number of carbonyl (C=O) groups excluding carboxylic acids is 2. The van der Waals surface area contributed by atoms with Gasteiger partial charge in [-0.15, -0.1) is 6.42 Å². The Labute approximate surface area is 174 Å². The molecule has 4 rings (SSSR count). The monoisotopic (exact) mass is 419 g/mol. The average Bonchev–Trinajstić information content (AvgIpc) is 3.31. The molecule has 0 spiro atoms. The van der Waals surface area contributed by atoms with E-state index < -0.39 is 27.9 Å². The Morgan fingerprint density at radius 2 is 1.63 bits per heavy atom. The van der Waals surface area contributed by atoms with Crippen molar-refractivity contribution in [1.29, 1.82) is 0 Å². The van der Waals surface area contributed by atoms with Gasteiger partial charge in [0.1, 0.15) is 12.4 Å². The number of rotatable bonds is 5. The summed E-state index contributed by atoms with van der Waals surface area (Å²) in [5.41, 5.74) is 1.90. The molecule has 1 atom stereocenters. The van der Waals surface area contributed by atoms with Crippen LogP contribution in [0.4, 0.5) is 0 Å². The Balaban J connectivity index is 1.59. The van der Waals surface area contributed by atoms with Crippen molar-refractivity contribution in [3.8, 4) is 12.3 Å². The van der Waals surface area contributed by atoms with Gasteiger partial charge in [0.2, 0.25) is 0 Å². The molecule has 1 aliphatic heterocycles. The summed E-state index contributed by atoms with van der Waals surface area (Å²) in [5, 5.41) is 0. The summed E-state index contributed by atoms with van der Waals surface area (Å²) < 4.78 is 26.6. The molecule has 150 valence electrons. The smallest absolute Gasteiger partial charge is 0.268 e. The van der Waals surface area contributed by atoms with Crippen molar-refractivity contribution in [2.75, 3.05) is 0 Å². The van der Waals surface area contributed by atoms with Crippen LogP contribution in [-0.2, 0) is 16.4 Å². The van der Waals surface area contributed by atoms with Gasteiger partial charge in [0.25, 0.3) is 21.8 Å². The normalized spacial score (nSPS) is 14.5. The van der Waals surface area contributed by atoms with E-state index in [-0.39, 0.29) is 11.3 Å². The van der Waals surface area contributed by atoms with Gasteiger partial charge in [0.05, 0.1) is 21.7 Å². The standard InChI is InChI=1S/C22H17N3O4S/c1-3-17(25-21(26)19-6-4-5-7-20(19)22(25)27)12-16-13-24(14-23-16)30(28,29)18-10-8-15(2)9-11-18/h1,4-11,13-14,17H,12H2,2H3. The number of hydrogen-bond acceptors (Lipinski definition) is 5. The maximum atomic E-state index is 12.8. The van der Waals surface area contributed by atoms with E-state index in [4.69, 9.17) is 6.42 Å². The van der Waals surface area contributed by atoms with E-state index in [2.05, 4.69) is 10.9 Å². The molecule has 0 fully saturated rings. The van der Waals surface area contributed by atoms with Gasteiger partial charge >= 0.3 is 0 Å². The van der Waals surface area contributed by atoms with E-state index in [1.165, 1.54) is 24.7 Å². The van der Waals surface area contributed by atoms with Crippen molar-refractivity contribution in [2.45, 2.75) is 24.3 Å². The second-order valence-electron chi connectivity index (χ2n) is 6.93. The zero-order valence-corrected chi connectivity index (χ0v) is 16.8. The molecule has 1 unspecified atom stereocenters. The highest BCUT2D eigenvalue weighted by Gasteiger charge is 2.39. The molecule has 0 aliphatic carbocycles. The fraction of sp³-hybridized carbons (Fsp3) is 0.136. The molecule has 7 nitrogen and oxygen atoms in total. The van der Waals surface area contributed by atoms with E-state index >= 15 is 0 Å². The van der Waals surface area contributed by atoms with Gasteiger partial charge in [0.15, 0.2) is 0 Å². The lowest BCUT2D eigenvalue weighted by Gasteiger charge is -2.20. The Bertz CT molecular complexity index is 1270. The van der Waals surface area contributed by atoms with E-state index in [0.717, 1.165) is 14.4 Å². The number of aromatic nitrogens is 2. The first-order chi connectivity index (χ1) is 14.3. The number of hydrogen-bond donors (Lipinski definition) is 0. The minimum absolute atomic E-state index is 0.0401. The summed E-state index contributed by atoms with van der Waals surface area (Å²) in [6.07, 6.45) is 8.17. The Morgan fingerprint density at radius 3 is 2.20 bits per heavy atom. The molecule has 0 bridgehead atoms. The predicted molar refractivity (Wildman–Crippen MR) is 109 cm³/mol. The molecule has 2 heterocycles. The lowest BCUT2D eigenvalue weighted by atomic mass is 10.1. The highest BCUT2D eigenvalue weighted by atomic mass is 32.2. The van der Waals surface area contributed by atoms with Gasteiger partial charge in [-0.05, 0) is 31.2 Å². The number of carbonyl (C=O) groups is 2. The van der Waals surface area contributed by atoms with Crippen LogP contribution in [0.15, 0.2) is 66.0 Å². The zero-order valence-electron chi connectivity index (χ0n) is 16.0. The van der Waals surface area contributed by atoms with E-state index in [1.54, 1.807) is 36.4 Å². The lowest BCUT2D eigenvalue weighted by molar-refractivity contribution is 0.0620. The van der Waals surface area contributed by atoms with Gasteiger partial charge < -0.3 is 0 Å². The van der Waals surface area contributed by atoms with Crippen molar-refractivity contribution >= 4 is 21.8 Å². The highest BCUT2D eigenvalue weighted by molar-refractivity contribution is 7.90. The van der Waals surface area contributed by atoms with Gasteiger partial charge in [-0.3, -0.25) is 14.5 Å². The third-order valence-corrected chi connectivity index (χ3v) is 6.56. The van der Waals surface area contributed by atoms with Crippen molar-refractivity contribution in [3.05, 3.63) is 83.4 Å². The van der Waals surface area contributed by atoms with Crippen LogP contribution >= 0.6 is 0 Å². The van der Waals surface area contributed by atoms with Gasteiger partial charge in [-0.1, -0.05) is 35.7 Å². The van der Waals surface area contributed by atoms with Crippen LogP contribution < -0.4 is 0 Å². The summed E-state index contributed by atoms with van der Waals surface area (Å²) in [5.74, 6) is 1.52. The Hall–Kier alpha value is -3.70. The van der Waals surface area contributed by atoms with Crippen molar-refractivity contribution in [3.63, 3.8) is 0 Å². The number of terminal acetylenes is 1. The topological polar surface area (TPSA) is 89.3 Å².